The average molecular weight is 678 g/mol. The largest absolute Gasteiger partial charge is 0.573 e. The van der Waals surface area contributed by atoms with Crippen LogP contribution in [0.5, 0.6) is 5.75 Å². The molecule has 0 aliphatic carbocycles. The highest BCUT2D eigenvalue weighted by atomic mass is 32.2. The first kappa shape index (κ1) is 35.7. The number of hydrogen-bond donors (Lipinski definition) is 2. The Morgan fingerprint density at radius 1 is 0.851 bits per heavy atom. The maximum atomic E-state index is 13.1. The number of carbonyl (C=O) groups is 2. The van der Waals surface area contributed by atoms with Gasteiger partial charge >= 0.3 is 12.5 Å². The highest BCUT2D eigenvalue weighted by molar-refractivity contribution is 7.86. The first-order valence-electron chi connectivity index (χ1n) is 14.7. The predicted octanol–water partition coefficient (Wildman–Crippen LogP) is 5.78. The molecule has 254 valence electrons. The van der Waals surface area contributed by atoms with Crippen LogP contribution >= 0.6 is 0 Å². The summed E-state index contributed by atoms with van der Waals surface area (Å²) < 4.78 is 76.2. The number of anilines is 2. The number of amides is 2. The van der Waals surface area contributed by atoms with Crippen LogP contribution in [-0.4, -0.2) is 86.2 Å². The molecule has 0 aromatic heterocycles. The van der Waals surface area contributed by atoms with E-state index in [1.807, 2.05) is 12.1 Å². The first-order valence-corrected chi connectivity index (χ1v) is 16.1. The fraction of sp³-hybridized carbons (Fsp3) is 0.375. The molecule has 15 heteroatoms. The molecule has 0 atom stereocenters. The third kappa shape index (κ3) is 10.2. The van der Waals surface area contributed by atoms with Crippen LogP contribution < -0.4 is 15.4 Å². The number of carbonyl (C=O) groups excluding carboxylic acids is 2. The van der Waals surface area contributed by atoms with Crippen LogP contribution in [0.15, 0.2) is 66.7 Å². The van der Waals surface area contributed by atoms with Crippen LogP contribution in [0.2, 0.25) is 0 Å². The molecule has 0 bridgehead atoms. The third-order valence-electron chi connectivity index (χ3n) is 7.05. The lowest BCUT2D eigenvalue weighted by molar-refractivity contribution is -0.274. The molecular weight excluding hydrogens is 639 g/mol. The van der Waals surface area contributed by atoms with Crippen molar-refractivity contribution in [3.05, 3.63) is 77.9 Å². The van der Waals surface area contributed by atoms with Crippen molar-refractivity contribution >= 4 is 33.6 Å². The Balaban J connectivity index is 1.40. The monoisotopic (exact) mass is 677 g/mol. The quantitative estimate of drug-likeness (QED) is 0.295. The van der Waals surface area contributed by atoms with E-state index in [1.165, 1.54) is 59.1 Å². The molecule has 0 unspecified atom stereocenters. The molecule has 3 aromatic carbocycles. The van der Waals surface area contributed by atoms with E-state index >= 15 is 0 Å². The molecule has 11 nitrogen and oxygen atoms in total. The van der Waals surface area contributed by atoms with Gasteiger partial charge in [-0.3, -0.25) is 15.0 Å². The minimum Gasteiger partial charge on any atom is -0.444 e. The van der Waals surface area contributed by atoms with Crippen LogP contribution in [0, 0.1) is 0 Å². The number of piperazine rings is 1. The van der Waals surface area contributed by atoms with Gasteiger partial charge in [-0.1, -0.05) is 24.3 Å². The fourth-order valence-corrected chi connectivity index (χ4v) is 5.86. The Kier molecular flexibility index (Phi) is 10.8. The molecule has 3 aromatic rings. The van der Waals surface area contributed by atoms with Crippen LogP contribution in [0.4, 0.5) is 29.3 Å². The topological polar surface area (TPSA) is 121 Å². The van der Waals surface area contributed by atoms with Gasteiger partial charge in [0.1, 0.15) is 11.4 Å². The zero-order valence-corrected chi connectivity index (χ0v) is 27.5. The summed E-state index contributed by atoms with van der Waals surface area (Å²) in [6.45, 7) is 7.66. The highest BCUT2D eigenvalue weighted by Crippen LogP contribution is 2.36. The standard InChI is InChI=1S/C32H38F3N5O6S/c1-31(2,3)46-30(42)37-26-14-15-28(45-32(33,34)35)27(20-26)23-8-10-24(11-9-23)29(41)36-25-12-6-22(7-13-25)21-39-16-18-40(19-17-39)47(43,44)38(4)5/h6-15,20H,16-19,21H2,1-5H3,(H,36,41)(H,37,42). The second-order valence-corrected chi connectivity index (χ2v) is 14.2. The van der Waals surface area contributed by atoms with E-state index in [1.54, 1.807) is 32.9 Å². The molecule has 0 spiro atoms. The Labute approximate surface area is 272 Å². The molecule has 1 aliphatic heterocycles. The van der Waals surface area contributed by atoms with Gasteiger partial charge in [0, 0.05) is 69.3 Å². The SMILES string of the molecule is CN(C)S(=O)(=O)N1CCN(Cc2ccc(NC(=O)c3ccc(-c4cc(NC(=O)OC(C)(C)C)ccc4OC(F)(F)F)cc3)cc2)CC1. The lowest BCUT2D eigenvalue weighted by Crippen LogP contribution is -2.51. The smallest absolute Gasteiger partial charge is 0.444 e. The van der Waals surface area contributed by atoms with Crippen molar-refractivity contribution in [2.45, 2.75) is 39.3 Å². The minimum atomic E-state index is -4.95. The highest BCUT2D eigenvalue weighted by Gasteiger charge is 2.32. The molecule has 0 radical (unpaired) electrons. The van der Waals surface area contributed by atoms with E-state index in [2.05, 4.69) is 20.3 Å². The number of halogens is 3. The molecule has 1 fully saturated rings. The third-order valence-corrected chi connectivity index (χ3v) is 8.99. The molecule has 47 heavy (non-hydrogen) atoms. The van der Waals surface area contributed by atoms with Gasteiger partial charge in [-0.25, -0.2) is 4.79 Å². The summed E-state index contributed by atoms with van der Waals surface area (Å²) >= 11 is 0. The van der Waals surface area contributed by atoms with Gasteiger partial charge in [0.05, 0.1) is 0 Å². The summed E-state index contributed by atoms with van der Waals surface area (Å²) in [6.07, 6.45) is -5.72. The number of ether oxygens (including phenoxy) is 2. The second kappa shape index (κ2) is 14.3. The minimum absolute atomic E-state index is 0.0409. The van der Waals surface area contributed by atoms with Crippen molar-refractivity contribution in [2.75, 3.05) is 50.9 Å². The lowest BCUT2D eigenvalue weighted by atomic mass is 10.0. The number of nitrogens with one attached hydrogen (secondary N) is 2. The van der Waals surface area contributed by atoms with E-state index in [4.69, 9.17) is 4.74 Å². The summed E-state index contributed by atoms with van der Waals surface area (Å²) in [4.78, 5) is 27.3. The van der Waals surface area contributed by atoms with Crippen LogP contribution in [-0.2, 0) is 21.5 Å². The predicted molar refractivity (Wildman–Crippen MR) is 172 cm³/mol. The molecule has 1 saturated heterocycles. The van der Waals surface area contributed by atoms with Crippen molar-refractivity contribution in [3.8, 4) is 16.9 Å². The van der Waals surface area contributed by atoms with Crippen LogP contribution in [0.3, 0.4) is 0 Å². The number of rotatable bonds is 9. The van der Waals surface area contributed by atoms with E-state index in [-0.39, 0.29) is 16.8 Å². The van der Waals surface area contributed by atoms with Gasteiger partial charge in [0.25, 0.3) is 16.1 Å². The molecule has 4 rings (SSSR count). The van der Waals surface area contributed by atoms with Crippen molar-refractivity contribution < 1.29 is 40.7 Å². The fourth-order valence-electron chi connectivity index (χ4n) is 4.77. The van der Waals surface area contributed by atoms with Gasteiger partial charge in [-0.05, 0) is 74.4 Å². The summed E-state index contributed by atoms with van der Waals surface area (Å²) in [5, 5.41) is 5.31. The average Bonchev–Trinajstić information content (AvgIpc) is 2.97. The summed E-state index contributed by atoms with van der Waals surface area (Å²) in [7, 11) is -0.412. The van der Waals surface area contributed by atoms with E-state index in [0.29, 0.717) is 44.0 Å². The lowest BCUT2D eigenvalue weighted by Gasteiger charge is -2.35. The molecule has 2 N–H and O–H groups in total. The molecule has 0 saturated carbocycles. The van der Waals surface area contributed by atoms with Crippen molar-refractivity contribution in [2.24, 2.45) is 0 Å². The normalized spacial score (nSPS) is 14.9. The van der Waals surface area contributed by atoms with Crippen LogP contribution in [0.1, 0.15) is 36.7 Å². The first-order chi connectivity index (χ1) is 21.9. The molecule has 1 aliphatic rings. The van der Waals surface area contributed by atoms with Crippen molar-refractivity contribution in [1.29, 1.82) is 0 Å². The Morgan fingerprint density at radius 2 is 1.45 bits per heavy atom. The van der Waals surface area contributed by atoms with Crippen LogP contribution in [0.25, 0.3) is 11.1 Å². The van der Waals surface area contributed by atoms with Crippen molar-refractivity contribution in [3.63, 3.8) is 0 Å². The number of hydrogen-bond acceptors (Lipinski definition) is 7. The van der Waals surface area contributed by atoms with Gasteiger partial charge in [-0.15, -0.1) is 13.2 Å². The number of benzene rings is 3. The summed E-state index contributed by atoms with van der Waals surface area (Å²) in [5.41, 5.74) is 1.58. The van der Waals surface area contributed by atoms with Gasteiger partial charge in [0.2, 0.25) is 0 Å². The zero-order valence-electron chi connectivity index (χ0n) is 26.7. The van der Waals surface area contributed by atoms with Gasteiger partial charge in [0.15, 0.2) is 0 Å². The van der Waals surface area contributed by atoms with Crippen molar-refractivity contribution in [1.82, 2.24) is 13.5 Å². The molecule has 1 heterocycles. The Morgan fingerprint density at radius 3 is 2.00 bits per heavy atom. The Bertz CT molecular complexity index is 1670. The maximum absolute atomic E-state index is 13.1. The van der Waals surface area contributed by atoms with Gasteiger partial charge < -0.3 is 14.8 Å². The second-order valence-electron chi connectivity index (χ2n) is 12.1. The molecule has 2 amide bonds. The van der Waals surface area contributed by atoms with Gasteiger partial charge in [-0.2, -0.15) is 17.0 Å². The zero-order chi connectivity index (χ0) is 34.6. The molecular formula is C32H38F3N5O6S. The summed E-state index contributed by atoms with van der Waals surface area (Å²) in [5.74, 6) is -0.903. The number of alkyl halides is 3. The number of nitrogens with zero attached hydrogens (tertiary/aromatic N) is 3. The Hall–Kier alpha value is -4.18. The van der Waals surface area contributed by atoms with E-state index in [0.717, 1.165) is 11.6 Å². The van der Waals surface area contributed by atoms with E-state index in [9.17, 15) is 31.2 Å². The van der Waals surface area contributed by atoms with E-state index < -0.39 is 39.9 Å². The summed E-state index contributed by atoms with van der Waals surface area (Å²) in [6, 6.07) is 16.9. The maximum Gasteiger partial charge on any atom is 0.573 e.